The van der Waals surface area contributed by atoms with Crippen molar-refractivity contribution in [2.45, 2.75) is 26.9 Å². The van der Waals surface area contributed by atoms with Crippen molar-refractivity contribution in [3.05, 3.63) is 30.1 Å². The minimum absolute atomic E-state index is 0.0598. The maximum atomic E-state index is 11.7. The van der Waals surface area contributed by atoms with Gasteiger partial charge in [-0.05, 0) is 32.9 Å². The van der Waals surface area contributed by atoms with Crippen molar-refractivity contribution < 1.29 is 14.3 Å². The van der Waals surface area contributed by atoms with Gasteiger partial charge >= 0.3 is 5.97 Å². The maximum absolute atomic E-state index is 11.7. The van der Waals surface area contributed by atoms with Crippen LogP contribution in [0.1, 0.15) is 31.4 Å². The molecule has 112 valence electrons. The van der Waals surface area contributed by atoms with Crippen LogP contribution in [0, 0.1) is 0 Å². The molecule has 0 saturated heterocycles. The molecule has 0 spiro atoms. The summed E-state index contributed by atoms with van der Waals surface area (Å²) in [5.74, 6) is 0.883. The van der Waals surface area contributed by atoms with Crippen LogP contribution in [0.2, 0.25) is 0 Å². The Hall–Kier alpha value is -2.37. The van der Waals surface area contributed by atoms with Gasteiger partial charge in [0.05, 0.1) is 12.7 Å². The number of hydrogen-bond acceptors (Lipinski definition) is 5. The molecule has 1 aromatic heterocycles. The topological polar surface area (TPSA) is 66.2 Å². The largest absolute Gasteiger partial charge is 0.491 e. The number of carbonyl (C=O) groups excluding carboxylic acids is 1. The molecular weight excluding hydrogens is 270 g/mol. The summed E-state index contributed by atoms with van der Waals surface area (Å²) in [5.41, 5.74) is 0.832. The number of nitrogens with zero attached hydrogens (tertiary/aromatic N) is 3. The van der Waals surface area contributed by atoms with Crippen LogP contribution in [0.5, 0.6) is 5.75 Å². The summed E-state index contributed by atoms with van der Waals surface area (Å²) in [6, 6.07) is 7.53. The molecule has 0 N–H and O–H groups in total. The Morgan fingerprint density at radius 3 is 2.81 bits per heavy atom. The fourth-order valence-corrected chi connectivity index (χ4v) is 1.90. The van der Waals surface area contributed by atoms with E-state index in [9.17, 15) is 4.79 Å². The first-order valence-electron chi connectivity index (χ1n) is 6.86. The first-order valence-corrected chi connectivity index (χ1v) is 6.86. The second-order valence-electron chi connectivity index (χ2n) is 4.80. The van der Waals surface area contributed by atoms with Gasteiger partial charge in [0.25, 0.3) is 5.82 Å². The Kier molecular flexibility index (Phi) is 4.57. The Morgan fingerprint density at radius 2 is 2.14 bits per heavy atom. The van der Waals surface area contributed by atoms with Gasteiger partial charge in [0.1, 0.15) is 5.75 Å². The molecule has 0 unspecified atom stereocenters. The molecule has 0 aliphatic carbocycles. The van der Waals surface area contributed by atoms with Gasteiger partial charge in [0.15, 0.2) is 5.82 Å². The fourth-order valence-electron chi connectivity index (χ4n) is 1.90. The fraction of sp³-hybridized carbons (Fsp3) is 0.400. The van der Waals surface area contributed by atoms with E-state index >= 15 is 0 Å². The van der Waals surface area contributed by atoms with Crippen LogP contribution < -0.4 is 4.74 Å². The normalized spacial score (nSPS) is 10.7. The zero-order valence-corrected chi connectivity index (χ0v) is 12.7. The molecule has 0 bridgehead atoms. The highest BCUT2D eigenvalue weighted by atomic mass is 16.5. The number of rotatable bonds is 5. The Morgan fingerprint density at radius 1 is 1.38 bits per heavy atom. The van der Waals surface area contributed by atoms with E-state index < -0.39 is 5.97 Å². The molecule has 6 nitrogen and oxygen atoms in total. The van der Waals surface area contributed by atoms with Crippen molar-refractivity contribution in [3.63, 3.8) is 0 Å². The highest BCUT2D eigenvalue weighted by Gasteiger charge is 2.17. The van der Waals surface area contributed by atoms with Crippen LogP contribution in [0.25, 0.3) is 11.4 Å². The second kappa shape index (κ2) is 6.39. The van der Waals surface area contributed by atoms with E-state index in [0.29, 0.717) is 12.4 Å². The van der Waals surface area contributed by atoms with Crippen LogP contribution in [0.3, 0.4) is 0 Å². The molecule has 1 aromatic carbocycles. The van der Waals surface area contributed by atoms with E-state index in [1.165, 1.54) is 0 Å². The summed E-state index contributed by atoms with van der Waals surface area (Å²) in [7, 11) is 1.74. The molecule has 0 fully saturated rings. The number of esters is 1. The summed E-state index contributed by atoms with van der Waals surface area (Å²) in [4.78, 5) is 15.9. The van der Waals surface area contributed by atoms with Crippen LogP contribution >= 0.6 is 0 Å². The number of benzene rings is 1. The minimum atomic E-state index is -0.520. The van der Waals surface area contributed by atoms with E-state index in [0.717, 1.165) is 11.3 Å². The molecule has 2 rings (SSSR count). The molecule has 0 amide bonds. The van der Waals surface area contributed by atoms with Gasteiger partial charge in [0.2, 0.25) is 0 Å². The predicted molar refractivity (Wildman–Crippen MR) is 78.2 cm³/mol. The highest BCUT2D eigenvalue weighted by Crippen LogP contribution is 2.23. The van der Waals surface area contributed by atoms with Crippen molar-refractivity contribution in [2.24, 2.45) is 7.05 Å². The molecule has 0 aliphatic rings. The van der Waals surface area contributed by atoms with Gasteiger partial charge in [-0.15, -0.1) is 5.10 Å². The molecule has 21 heavy (non-hydrogen) atoms. The molecule has 0 atom stereocenters. The van der Waals surface area contributed by atoms with Crippen molar-refractivity contribution in [2.75, 3.05) is 6.61 Å². The molecule has 2 aromatic rings. The van der Waals surface area contributed by atoms with E-state index in [4.69, 9.17) is 9.47 Å². The lowest BCUT2D eigenvalue weighted by Gasteiger charge is -2.10. The van der Waals surface area contributed by atoms with Gasteiger partial charge in [-0.3, -0.25) is 0 Å². The van der Waals surface area contributed by atoms with Crippen LogP contribution in [-0.4, -0.2) is 33.4 Å². The third kappa shape index (κ3) is 3.59. The number of aryl methyl sites for hydroxylation is 1. The number of hydrogen-bond donors (Lipinski definition) is 0. The van der Waals surface area contributed by atoms with Gasteiger partial charge in [0, 0.05) is 12.6 Å². The van der Waals surface area contributed by atoms with Crippen molar-refractivity contribution >= 4 is 5.97 Å². The Balaban J connectivity index is 2.31. The average molecular weight is 289 g/mol. The van der Waals surface area contributed by atoms with Crippen LogP contribution in [0.15, 0.2) is 24.3 Å². The first-order chi connectivity index (χ1) is 10.0. The zero-order chi connectivity index (χ0) is 15.4. The lowest BCUT2D eigenvalue weighted by atomic mass is 10.2. The van der Waals surface area contributed by atoms with Crippen molar-refractivity contribution in [3.8, 4) is 17.1 Å². The third-order valence-corrected chi connectivity index (χ3v) is 2.69. The molecule has 0 aliphatic heterocycles. The van der Waals surface area contributed by atoms with E-state index in [1.807, 2.05) is 38.1 Å². The molecule has 0 saturated carbocycles. The Bertz CT molecular complexity index is 635. The standard InChI is InChI=1S/C15H19N3O3/c1-5-20-15(19)13-16-14(18(4)17-13)11-7-6-8-12(9-11)21-10(2)3/h6-10H,5H2,1-4H3. The molecular formula is C15H19N3O3. The number of ether oxygens (including phenoxy) is 2. The third-order valence-electron chi connectivity index (χ3n) is 2.69. The SMILES string of the molecule is CCOC(=O)c1nc(-c2cccc(OC(C)C)c2)n(C)n1. The lowest BCUT2D eigenvalue weighted by Crippen LogP contribution is -2.07. The van der Waals surface area contributed by atoms with Gasteiger partial charge in [-0.25, -0.2) is 14.5 Å². The van der Waals surface area contributed by atoms with Gasteiger partial charge < -0.3 is 9.47 Å². The molecule has 6 heteroatoms. The van der Waals surface area contributed by atoms with Gasteiger partial charge in [-0.1, -0.05) is 12.1 Å². The number of carbonyl (C=O) groups is 1. The van der Waals surface area contributed by atoms with Gasteiger partial charge in [-0.2, -0.15) is 0 Å². The zero-order valence-electron chi connectivity index (χ0n) is 12.7. The Labute approximate surface area is 123 Å². The quantitative estimate of drug-likeness (QED) is 0.791. The average Bonchev–Trinajstić information content (AvgIpc) is 2.81. The first kappa shape index (κ1) is 15.0. The summed E-state index contributed by atoms with van der Waals surface area (Å²) >= 11 is 0. The summed E-state index contributed by atoms with van der Waals surface area (Å²) in [5, 5.41) is 4.09. The van der Waals surface area contributed by atoms with E-state index in [2.05, 4.69) is 10.1 Å². The molecule has 0 radical (unpaired) electrons. The smallest absolute Gasteiger partial charge is 0.378 e. The van der Waals surface area contributed by atoms with E-state index in [1.54, 1.807) is 18.7 Å². The summed E-state index contributed by atoms with van der Waals surface area (Å²) in [6.45, 7) is 5.97. The maximum Gasteiger partial charge on any atom is 0.378 e. The monoisotopic (exact) mass is 289 g/mol. The van der Waals surface area contributed by atoms with Crippen LogP contribution in [0.4, 0.5) is 0 Å². The second-order valence-corrected chi connectivity index (χ2v) is 4.80. The van der Waals surface area contributed by atoms with Crippen molar-refractivity contribution in [1.82, 2.24) is 14.8 Å². The minimum Gasteiger partial charge on any atom is -0.491 e. The predicted octanol–water partition coefficient (Wildman–Crippen LogP) is 2.45. The van der Waals surface area contributed by atoms with E-state index in [-0.39, 0.29) is 11.9 Å². The summed E-state index contributed by atoms with van der Waals surface area (Å²) < 4.78 is 12.1. The van der Waals surface area contributed by atoms with Crippen molar-refractivity contribution in [1.29, 1.82) is 0 Å². The molecule has 1 heterocycles. The summed E-state index contributed by atoms with van der Waals surface area (Å²) in [6.07, 6.45) is 0.0924. The lowest BCUT2D eigenvalue weighted by molar-refractivity contribution is 0.0512. The number of aromatic nitrogens is 3. The highest BCUT2D eigenvalue weighted by molar-refractivity contribution is 5.85. The van der Waals surface area contributed by atoms with Crippen LogP contribution in [-0.2, 0) is 11.8 Å².